The number of ketones is 1. The fourth-order valence-electron chi connectivity index (χ4n) is 4.00. The fraction of sp³-hybridized carbons (Fsp3) is 0.259. The van der Waals surface area contributed by atoms with Crippen LogP contribution in [0.25, 0.3) is 0 Å². The van der Waals surface area contributed by atoms with Crippen molar-refractivity contribution in [1.29, 1.82) is 0 Å². The van der Waals surface area contributed by atoms with E-state index in [0.29, 0.717) is 17.8 Å². The molecule has 4 heteroatoms. The molecule has 0 saturated heterocycles. The topological polar surface area (TPSA) is 49.4 Å². The lowest BCUT2D eigenvalue weighted by Gasteiger charge is -2.22. The summed E-state index contributed by atoms with van der Waals surface area (Å²) < 4.78 is 0. The number of carbonyl (C=O) groups is 2. The molecule has 3 aromatic rings. The van der Waals surface area contributed by atoms with E-state index in [1.54, 1.807) is 11.0 Å². The van der Waals surface area contributed by atoms with Crippen molar-refractivity contribution in [3.63, 3.8) is 0 Å². The van der Waals surface area contributed by atoms with Crippen molar-refractivity contribution < 1.29 is 9.59 Å². The summed E-state index contributed by atoms with van der Waals surface area (Å²) in [6.07, 6.45) is 0. The number of para-hydroxylation sites is 1. The van der Waals surface area contributed by atoms with Gasteiger partial charge in [-0.25, -0.2) is 0 Å². The fourth-order valence-corrected chi connectivity index (χ4v) is 4.00. The van der Waals surface area contributed by atoms with E-state index >= 15 is 0 Å². The van der Waals surface area contributed by atoms with Crippen LogP contribution in [-0.2, 0) is 16.8 Å². The highest BCUT2D eigenvalue weighted by Crippen LogP contribution is 2.39. The third kappa shape index (κ3) is 3.98. The quantitative estimate of drug-likeness (QED) is 0.529. The Hall–Kier alpha value is -3.40. The summed E-state index contributed by atoms with van der Waals surface area (Å²) in [7, 11) is 0. The number of hydrogen-bond acceptors (Lipinski definition) is 3. The Bertz CT molecular complexity index is 1170. The van der Waals surface area contributed by atoms with Crippen molar-refractivity contribution in [2.75, 3.05) is 10.2 Å². The first-order valence-corrected chi connectivity index (χ1v) is 10.6. The van der Waals surface area contributed by atoms with Crippen LogP contribution in [0.4, 0.5) is 17.1 Å². The monoisotopic (exact) mass is 412 g/mol. The van der Waals surface area contributed by atoms with Gasteiger partial charge in [-0.15, -0.1) is 0 Å². The number of benzene rings is 3. The van der Waals surface area contributed by atoms with E-state index in [0.717, 1.165) is 22.5 Å². The molecule has 0 aromatic heterocycles. The van der Waals surface area contributed by atoms with Crippen LogP contribution in [0.15, 0.2) is 60.7 Å². The molecule has 1 N–H and O–H groups in total. The molecular formula is C27H28N2O2. The van der Waals surface area contributed by atoms with Gasteiger partial charge >= 0.3 is 0 Å². The Morgan fingerprint density at radius 1 is 0.871 bits per heavy atom. The van der Waals surface area contributed by atoms with E-state index in [2.05, 4.69) is 51.2 Å². The highest BCUT2D eigenvalue weighted by molar-refractivity contribution is 6.52. The van der Waals surface area contributed by atoms with E-state index in [1.807, 2.05) is 43.3 Å². The summed E-state index contributed by atoms with van der Waals surface area (Å²) in [5, 5.41) is 3.44. The molecule has 0 saturated carbocycles. The number of nitrogens with one attached hydrogen (secondary N) is 1. The Morgan fingerprint density at radius 2 is 1.58 bits per heavy atom. The molecule has 158 valence electrons. The summed E-state index contributed by atoms with van der Waals surface area (Å²) in [5.41, 5.74) is 7.40. The first-order valence-electron chi connectivity index (χ1n) is 10.6. The molecule has 4 rings (SSSR count). The van der Waals surface area contributed by atoms with Crippen molar-refractivity contribution in [3.05, 3.63) is 88.5 Å². The lowest BCUT2D eigenvalue weighted by molar-refractivity contribution is -0.114. The van der Waals surface area contributed by atoms with Crippen LogP contribution in [-0.4, -0.2) is 11.7 Å². The van der Waals surface area contributed by atoms with Gasteiger partial charge in [0.1, 0.15) is 0 Å². The van der Waals surface area contributed by atoms with Gasteiger partial charge < -0.3 is 5.32 Å². The van der Waals surface area contributed by atoms with Gasteiger partial charge in [0, 0.05) is 5.69 Å². The minimum atomic E-state index is -0.482. The predicted octanol–water partition coefficient (Wildman–Crippen LogP) is 6.07. The van der Waals surface area contributed by atoms with Crippen LogP contribution < -0.4 is 10.2 Å². The number of anilines is 3. The molecule has 1 aliphatic rings. The van der Waals surface area contributed by atoms with Crippen LogP contribution >= 0.6 is 0 Å². The van der Waals surface area contributed by atoms with Crippen molar-refractivity contribution in [1.82, 2.24) is 0 Å². The zero-order chi connectivity index (χ0) is 22.3. The highest BCUT2D eigenvalue weighted by atomic mass is 16.2. The number of hydrogen-bond donors (Lipinski definition) is 1. The van der Waals surface area contributed by atoms with Gasteiger partial charge in [0.15, 0.2) is 0 Å². The van der Waals surface area contributed by atoms with Crippen LogP contribution in [0.1, 0.15) is 53.4 Å². The summed E-state index contributed by atoms with van der Waals surface area (Å²) in [5.74, 6) is -0.935. The van der Waals surface area contributed by atoms with Gasteiger partial charge in [-0.2, -0.15) is 0 Å². The largest absolute Gasteiger partial charge is 0.354 e. The Morgan fingerprint density at radius 3 is 2.23 bits per heavy atom. The summed E-state index contributed by atoms with van der Waals surface area (Å²) >= 11 is 0. The molecule has 0 fully saturated rings. The number of aryl methyl sites for hydroxylation is 2. The highest BCUT2D eigenvalue weighted by Gasteiger charge is 2.37. The summed E-state index contributed by atoms with van der Waals surface area (Å²) in [4.78, 5) is 27.1. The van der Waals surface area contributed by atoms with Gasteiger partial charge in [0.25, 0.3) is 11.7 Å². The number of fused-ring (bicyclic) bond motifs is 1. The van der Waals surface area contributed by atoms with Gasteiger partial charge in [-0.05, 0) is 54.2 Å². The molecule has 31 heavy (non-hydrogen) atoms. The lowest BCUT2D eigenvalue weighted by atomic mass is 9.87. The van der Waals surface area contributed by atoms with E-state index in [1.165, 1.54) is 11.1 Å². The first-order chi connectivity index (χ1) is 14.6. The molecule has 0 atom stereocenters. The third-order valence-electron chi connectivity index (χ3n) is 5.80. The SMILES string of the molecule is Cc1ccc(Nc2cccc3c2N(Cc2ccc(C(C)(C)C)cc2)C(=O)C3=O)c(C)c1. The van der Waals surface area contributed by atoms with Crippen LogP contribution in [0.3, 0.4) is 0 Å². The van der Waals surface area contributed by atoms with Gasteiger partial charge in [-0.3, -0.25) is 14.5 Å². The normalized spacial score (nSPS) is 13.5. The third-order valence-corrected chi connectivity index (χ3v) is 5.80. The van der Waals surface area contributed by atoms with E-state index in [9.17, 15) is 9.59 Å². The minimum Gasteiger partial charge on any atom is -0.354 e. The van der Waals surface area contributed by atoms with Crippen molar-refractivity contribution >= 4 is 28.8 Å². The molecule has 0 radical (unpaired) electrons. The van der Waals surface area contributed by atoms with Crippen LogP contribution in [0.5, 0.6) is 0 Å². The second-order valence-electron chi connectivity index (χ2n) is 9.31. The van der Waals surface area contributed by atoms with Gasteiger partial charge in [0.05, 0.1) is 23.5 Å². The molecule has 0 spiro atoms. The van der Waals surface area contributed by atoms with Crippen molar-refractivity contribution in [3.8, 4) is 0 Å². The van der Waals surface area contributed by atoms with Crippen molar-refractivity contribution in [2.45, 2.75) is 46.6 Å². The zero-order valence-corrected chi connectivity index (χ0v) is 18.7. The first kappa shape index (κ1) is 20.9. The Labute approximate surface area is 183 Å². The number of nitrogens with zero attached hydrogens (tertiary/aromatic N) is 1. The second kappa shape index (κ2) is 7.69. The molecule has 1 heterocycles. The summed E-state index contributed by atoms with van der Waals surface area (Å²) in [6, 6.07) is 19.9. The number of rotatable bonds is 4. The molecule has 0 aliphatic carbocycles. The van der Waals surface area contributed by atoms with E-state index < -0.39 is 11.7 Å². The summed E-state index contributed by atoms with van der Waals surface area (Å²) in [6.45, 7) is 11.0. The smallest absolute Gasteiger partial charge is 0.299 e. The van der Waals surface area contributed by atoms with Gasteiger partial charge in [-0.1, -0.05) is 68.8 Å². The average molecular weight is 413 g/mol. The Balaban J connectivity index is 1.69. The maximum absolute atomic E-state index is 12.9. The average Bonchev–Trinajstić information content (AvgIpc) is 2.95. The number of amides is 1. The van der Waals surface area contributed by atoms with E-state index in [-0.39, 0.29) is 5.41 Å². The lowest BCUT2D eigenvalue weighted by Crippen LogP contribution is -2.29. The standard InChI is InChI=1S/C27H28N2O2/c1-17-9-14-22(18(2)15-17)28-23-8-6-7-21-24(23)29(26(31)25(21)30)16-19-10-12-20(13-11-19)27(3,4)5/h6-15,28H,16H2,1-5H3. The second-order valence-corrected chi connectivity index (χ2v) is 9.31. The Kier molecular flexibility index (Phi) is 5.18. The maximum atomic E-state index is 12.9. The van der Waals surface area contributed by atoms with Gasteiger partial charge in [0.2, 0.25) is 0 Å². The van der Waals surface area contributed by atoms with Crippen LogP contribution in [0, 0.1) is 13.8 Å². The van der Waals surface area contributed by atoms with Crippen LogP contribution in [0.2, 0.25) is 0 Å². The molecule has 0 bridgehead atoms. The molecule has 1 amide bonds. The molecule has 4 nitrogen and oxygen atoms in total. The molecule has 0 unspecified atom stereocenters. The maximum Gasteiger partial charge on any atom is 0.299 e. The van der Waals surface area contributed by atoms with Crippen molar-refractivity contribution in [2.24, 2.45) is 0 Å². The van der Waals surface area contributed by atoms with E-state index in [4.69, 9.17) is 0 Å². The number of carbonyl (C=O) groups excluding carboxylic acids is 2. The minimum absolute atomic E-state index is 0.0630. The zero-order valence-electron chi connectivity index (χ0n) is 18.7. The molecule has 1 aliphatic heterocycles. The molecular weight excluding hydrogens is 384 g/mol. The molecule has 3 aromatic carbocycles. The predicted molar refractivity (Wildman–Crippen MR) is 126 cm³/mol. The number of Topliss-reactive ketones (excluding diaryl/α,β-unsaturated/α-hetero) is 1.